The number of ether oxygens (including phenoxy) is 1. The lowest BCUT2D eigenvalue weighted by atomic mass is 10.2. The van der Waals surface area contributed by atoms with Crippen LogP contribution in [0.3, 0.4) is 0 Å². The summed E-state index contributed by atoms with van der Waals surface area (Å²) < 4.78 is 4.40. The number of cyclic esters (lactones) is 1. The van der Waals surface area contributed by atoms with Gasteiger partial charge in [0.05, 0.1) is 6.54 Å². The van der Waals surface area contributed by atoms with Gasteiger partial charge in [-0.3, -0.25) is 0 Å². The lowest BCUT2D eigenvalue weighted by Crippen LogP contribution is -2.11. The Morgan fingerprint density at radius 3 is 2.23 bits per heavy atom. The third kappa shape index (κ3) is 4.15. The molecule has 1 fully saturated rings. The molecule has 0 spiro atoms. The Balaban J connectivity index is 0.000000132. The SMILES string of the molecule is Cc1ccccc1.O=C1NCCO1. The Morgan fingerprint density at radius 2 is 2.00 bits per heavy atom. The van der Waals surface area contributed by atoms with Crippen LogP contribution in [0.2, 0.25) is 0 Å². The maximum Gasteiger partial charge on any atom is 0.407 e. The Bertz CT molecular complexity index is 251. The zero-order valence-electron chi connectivity index (χ0n) is 7.62. The molecule has 1 saturated heterocycles. The molecule has 0 aliphatic carbocycles. The number of carbonyl (C=O) groups excluding carboxylic acids is 1. The highest BCUT2D eigenvalue weighted by Gasteiger charge is 2.06. The molecule has 1 aromatic carbocycles. The summed E-state index contributed by atoms with van der Waals surface area (Å²) in [6.45, 7) is 3.28. The molecule has 1 aliphatic rings. The van der Waals surface area contributed by atoms with E-state index in [9.17, 15) is 4.79 Å². The van der Waals surface area contributed by atoms with Crippen molar-refractivity contribution >= 4 is 6.09 Å². The van der Waals surface area contributed by atoms with Gasteiger partial charge in [-0.1, -0.05) is 35.9 Å². The van der Waals surface area contributed by atoms with E-state index in [0.29, 0.717) is 13.2 Å². The largest absolute Gasteiger partial charge is 0.448 e. The van der Waals surface area contributed by atoms with Crippen molar-refractivity contribution in [3.05, 3.63) is 35.9 Å². The van der Waals surface area contributed by atoms with E-state index in [2.05, 4.69) is 29.1 Å². The fourth-order valence-corrected chi connectivity index (χ4v) is 0.882. The van der Waals surface area contributed by atoms with E-state index < -0.39 is 0 Å². The van der Waals surface area contributed by atoms with E-state index in [0.717, 1.165) is 0 Å². The average Bonchev–Trinajstić information content (AvgIpc) is 2.58. The Kier molecular flexibility index (Phi) is 3.82. The minimum Gasteiger partial charge on any atom is -0.448 e. The van der Waals surface area contributed by atoms with Gasteiger partial charge < -0.3 is 10.1 Å². The second kappa shape index (κ2) is 5.19. The van der Waals surface area contributed by atoms with Crippen LogP contribution >= 0.6 is 0 Å². The molecule has 0 bridgehead atoms. The number of alkyl carbamates (subject to hydrolysis) is 1. The van der Waals surface area contributed by atoms with Crippen molar-refractivity contribution < 1.29 is 9.53 Å². The van der Waals surface area contributed by atoms with Gasteiger partial charge in [-0.15, -0.1) is 0 Å². The van der Waals surface area contributed by atoms with E-state index in [1.807, 2.05) is 18.2 Å². The molecule has 1 heterocycles. The number of benzene rings is 1. The van der Waals surface area contributed by atoms with Crippen LogP contribution in [0.25, 0.3) is 0 Å². The Hall–Kier alpha value is -1.51. The summed E-state index contributed by atoms with van der Waals surface area (Å²) in [5.74, 6) is 0. The van der Waals surface area contributed by atoms with Crippen molar-refractivity contribution in [1.82, 2.24) is 5.32 Å². The number of hydrogen-bond acceptors (Lipinski definition) is 2. The standard InChI is InChI=1S/C7H8.C3H5NO2/c1-7-5-3-2-4-6-7;5-3-4-1-2-6-3/h2-6H,1H3;1-2H2,(H,4,5). The van der Waals surface area contributed by atoms with Crippen LogP contribution in [0.5, 0.6) is 0 Å². The van der Waals surface area contributed by atoms with Gasteiger partial charge in [-0.25, -0.2) is 4.79 Å². The van der Waals surface area contributed by atoms with Gasteiger partial charge in [-0.05, 0) is 6.92 Å². The molecule has 0 aromatic heterocycles. The second-order valence-electron chi connectivity index (χ2n) is 2.72. The predicted octanol–water partition coefficient (Wildman–Crippen LogP) is 1.72. The first-order chi connectivity index (χ1) is 6.29. The van der Waals surface area contributed by atoms with Gasteiger partial charge in [0.1, 0.15) is 6.61 Å². The molecule has 1 N–H and O–H groups in total. The molecule has 0 radical (unpaired) electrons. The number of rotatable bonds is 0. The van der Waals surface area contributed by atoms with Crippen molar-refractivity contribution in [3.63, 3.8) is 0 Å². The highest BCUT2D eigenvalue weighted by molar-refractivity contribution is 5.68. The molecular weight excluding hydrogens is 166 g/mol. The fourth-order valence-electron chi connectivity index (χ4n) is 0.882. The lowest BCUT2D eigenvalue weighted by Gasteiger charge is -1.82. The highest BCUT2D eigenvalue weighted by atomic mass is 16.6. The first kappa shape index (κ1) is 9.58. The number of amides is 1. The summed E-state index contributed by atoms with van der Waals surface area (Å²) in [6, 6.07) is 10.3. The smallest absolute Gasteiger partial charge is 0.407 e. The Morgan fingerprint density at radius 1 is 1.31 bits per heavy atom. The maximum absolute atomic E-state index is 9.91. The summed E-state index contributed by atoms with van der Waals surface area (Å²) in [6.07, 6.45) is -0.296. The average molecular weight is 179 g/mol. The molecule has 1 aromatic rings. The van der Waals surface area contributed by atoms with E-state index in [-0.39, 0.29) is 6.09 Å². The van der Waals surface area contributed by atoms with Crippen molar-refractivity contribution in [1.29, 1.82) is 0 Å². The lowest BCUT2D eigenvalue weighted by molar-refractivity contribution is 0.178. The van der Waals surface area contributed by atoms with Crippen molar-refractivity contribution in [2.45, 2.75) is 6.92 Å². The number of carbonyl (C=O) groups is 1. The van der Waals surface area contributed by atoms with Gasteiger partial charge >= 0.3 is 6.09 Å². The molecule has 0 saturated carbocycles. The van der Waals surface area contributed by atoms with E-state index in [4.69, 9.17) is 0 Å². The normalized spacial score (nSPS) is 13.8. The van der Waals surface area contributed by atoms with Gasteiger partial charge in [0, 0.05) is 0 Å². The zero-order valence-corrected chi connectivity index (χ0v) is 7.62. The first-order valence-corrected chi connectivity index (χ1v) is 4.21. The molecule has 70 valence electrons. The van der Waals surface area contributed by atoms with Crippen LogP contribution in [0.1, 0.15) is 5.56 Å². The topological polar surface area (TPSA) is 38.3 Å². The van der Waals surface area contributed by atoms with Crippen LogP contribution < -0.4 is 5.32 Å². The van der Waals surface area contributed by atoms with E-state index in [1.54, 1.807) is 0 Å². The quantitative estimate of drug-likeness (QED) is 0.658. The molecular formula is C10H13NO2. The van der Waals surface area contributed by atoms with Crippen LogP contribution in [0.4, 0.5) is 4.79 Å². The minimum absolute atomic E-state index is 0.296. The van der Waals surface area contributed by atoms with Crippen LogP contribution in [0.15, 0.2) is 30.3 Å². The van der Waals surface area contributed by atoms with Crippen LogP contribution in [-0.2, 0) is 4.74 Å². The molecule has 0 atom stereocenters. The summed E-state index contributed by atoms with van der Waals surface area (Å²) in [5.41, 5.74) is 1.32. The van der Waals surface area contributed by atoms with Gasteiger partial charge in [0.25, 0.3) is 0 Å². The second-order valence-corrected chi connectivity index (χ2v) is 2.72. The highest BCUT2D eigenvalue weighted by Crippen LogP contribution is 1.92. The van der Waals surface area contributed by atoms with Crippen molar-refractivity contribution in [2.75, 3.05) is 13.2 Å². The maximum atomic E-state index is 9.91. The predicted molar refractivity (Wildman–Crippen MR) is 50.5 cm³/mol. The molecule has 2 rings (SSSR count). The summed E-state index contributed by atoms with van der Waals surface area (Å²) >= 11 is 0. The van der Waals surface area contributed by atoms with Crippen LogP contribution in [-0.4, -0.2) is 19.2 Å². The number of nitrogens with one attached hydrogen (secondary N) is 1. The molecule has 1 aliphatic heterocycles. The fraction of sp³-hybridized carbons (Fsp3) is 0.300. The van der Waals surface area contributed by atoms with Crippen LogP contribution in [0, 0.1) is 6.92 Å². The summed E-state index contributed by atoms with van der Waals surface area (Å²) in [7, 11) is 0. The van der Waals surface area contributed by atoms with E-state index >= 15 is 0 Å². The van der Waals surface area contributed by atoms with E-state index in [1.165, 1.54) is 5.56 Å². The molecule has 1 amide bonds. The first-order valence-electron chi connectivity index (χ1n) is 4.21. The number of aryl methyl sites for hydroxylation is 1. The summed E-state index contributed by atoms with van der Waals surface area (Å²) in [4.78, 5) is 9.91. The third-order valence-electron chi connectivity index (χ3n) is 1.55. The van der Waals surface area contributed by atoms with Gasteiger partial charge in [-0.2, -0.15) is 0 Å². The Labute approximate surface area is 77.7 Å². The molecule has 13 heavy (non-hydrogen) atoms. The number of hydrogen-bond donors (Lipinski definition) is 1. The monoisotopic (exact) mass is 179 g/mol. The molecule has 3 nitrogen and oxygen atoms in total. The van der Waals surface area contributed by atoms with Gasteiger partial charge in [0.2, 0.25) is 0 Å². The molecule has 3 heteroatoms. The summed E-state index contributed by atoms with van der Waals surface area (Å²) in [5, 5.41) is 2.46. The zero-order chi connectivity index (χ0) is 9.52. The van der Waals surface area contributed by atoms with Crippen molar-refractivity contribution in [3.8, 4) is 0 Å². The third-order valence-corrected chi connectivity index (χ3v) is 1.55. The molecule has 0 unspecified atom stereocenters. The van der Waals surface area contributed by atoms with Crippen molar-refractivity contribution in [2.24, 2.45) is 0 Å². The minimum atomic E-state index is -0.296. The van der Waals surface area contributed by atoms with Gasteiger partial charge in [0.15, 0.2) is 0 Å².